The van der Waals surface area contributed by atoms with Gasteiger partial charge in [-0.25, -0.2) is 0 Å². The SMILES string of the molecule is O=C(Cn1ccc2ccccc21)NCCc1c[nH]c2ccccc12. The number of hydrogen-bond donors (Lipinski definition) is 2. The minimum absolute atomic E-state index is 0.0381. The van der Waals surface area contributed by atoms with Crippen LogP contribution < -0.4 is 5.32 Å². The van der Waals surface area contributed by atoms with Crippen LogP contribution in [0.25, 0.3) is 21.8 Å². The van der Waals surface area contributed by atoms with Gasteiger partial charge in [0.25, 0.3) is 0 Å². The highest BCUT2D eigenvalue weighted by molar-refractivity contribution is 5.84. The van der Waals surface area contributed by atoms with Crippen LogP contribution in [0, 0.1) is 0 Å². The third-order valence-corrected chi connectivity index (χ3v) is 4.39. The van der Waals surface area contributed by atoms with E-state index < -0.39 is 0 Å². The summed E-state index contributed by atoms with van der Waals surface area (Å²) in [6.07, 6.45) is 4.81. The van der Waals surface area contributed by atoms with E-state index in [0.29, 0.717) is 13.1 Å². The van der Waals surface area contributed by atoms with Gasteiger partial charge in [0.05, 0.1) is 0 Å². The third kappa shape index (κ3) is 2.78. The monoisotopic (exact) mass is 317 g/mol. The number of nitrogens with one attached hydrogen (secondary N) is 2. The van der Waals surface area contributed by atoms with E-state index in [1.165, 1.54) is 10.9 Å². The zero-order valence-electron chi connectivity index (χ0n) is 13.3. The lowest BCUT2D eigenvalue weighted by molar-refractivity contribution is -0.121. The number of aromatic amines is 1. The molecule has 0 saturated heterocycles. The largest absolute Gasteiger partial charge is 0.361 e. The Morgan fingerprint density at radius 1 is 1.04 bits per heavy atom. The molecule has 0 bridgehead atoms. The van der Waals surface area contributed by atoms with Crippen LogP contribution in [0.15, 0.2) is 67.0 Å². The number of nitrogens with zero attached hydrogens (tertiary/aromatic N) is 1. The lowest BCUT2D eigenvalue weighted by atomic mass is 10.1. The number of benzene rings is 2. The molecule has 0 atom stereocenters. The molecule has 0 spiro atoms. The Kier molecular flexibility index (Phi) is 3.79. The van der Waals surface area contributed by atoms with Gasteiger partial charge in [-0.2, -0.15) is 0 Å². The van der Waals surface area contributed by atoms with Crippen LogP contribution >= 0.6 is 0 Å². The van der Waals surface area contributed by atoms with Gasteiger partial charge in [0.15, 0.2) is 0 Å². The summed E-state index contributed by atoms with van der Waals surface area (Å²) in [5.41, 5.74) is 3.46. The highest BCUT2D eigenvalue weighted by Crippen LogP contribution is 2.18. The Morgan fingerprint density at radius 2 is 1.88 bits per heavy atom. The summed E-state index contributed by atoms with van der Waals surface area (Å²) in [5, 5.41) is 5.40. The van der Waals surface area contributed by atoms with Gasteiger partial charge < -0.3 is 14.9 Å². The topological polar surface area (TPSA) is 49.8 Å². The zero-order chi connectivity index (χ0) is 16.4. The van der Waals surface area contributed by atoms with Crippen LogP contribution in [-0.4, -0.2) is 22.0 Å². The molecular weight excluding hydrogens is 298 g/mol. The molecule has 0 aliphatic rings. The van der Waals surface area contributed by atoms with Gasteiger partial charge in [0, 0.05) is 35.4 Å². The Morgan fingerprint density at radius 3 is 2.83 bits per heavy atom. The average Bonchev–Trinajstić information content (AvgIpc) is 3.20. The van der Waals surface area contributed by atoms with Gasteiger partial charge >= 0.3 is 0 Å². The van der Waals surface area contributed by atoms with Crippen LogP contribution in [0.1, 0.15) is 5.56 Å². The molecule has 24 heavy (non-hydrogen) atoms. The highest BCUT2D eigenvalue weighted by atomic mass is 16.1. The fourth-order valence-electron chi connectivity index (χ4n) is 3.16. The smallest absolute Gasteiger partial charge is 0.239 e. The van der Waals surface area contributed by atoms with E-state index in [1.807, 2.05) is 53.4 Å². The molecule has 0 unspecified atom stereocenters. The third-order valence-electron chi connectivity index (χ3n) is 4.39. The standard InChI is InChI=1S/C20H19N3O/c24-20(14-23-12-10-15-5-1-4-8-19(15)23)21-11-9-16-13-22-18-7-3-2-6-17(16)18/h1-8,10,12-13,22H,9,11,14H2,(H,21,24). The molecule has 4 rings (SSSR count). The number of carbonyl (C=O) groups is 1. The van der Waals surface area contributed by atoms with Crippen molar-refractivity contribution in [1.82, 2.24) is 14.9 Å². The van der Waals surface area contributed by atoms with Crippen LogP contribution in [-0.2, 0) is 17.8 Å². The molecule has 0 aliphatic heterocycles. The maximum absolute atomic E-state index is 12.2. The molecule has 4 heteroatoms. The second-order valence-corrected chi connectivity index (χ2v) is 5.96. The summed E-state index contributed by atoms with van der Waals surface area (Å²) in [6.45, 7) is 0.987. The van der Waals surface area contributed by atoms with E-state index in [0.717, 1.165) is 22.8 Å². The van der Waals surface area contributed by atoms with Crippen LogP contribution in [0.4, 0.5) is 0 Å². The van der Waals surface area contributed by atoms with Crippen molar-refractivity contribution in [2.75, 3.05) is 6.54 Å². The lowest BCUT2D eigenvalue weighted by Crippen LogP contribution is -2.29. The highest BCUT2D eigenvalue weighted by Gasteiger charge is 2.07. The summed E-state index contributed by atoms with van der Waals surface area (Å²) < 4.78 is 1.98. The summed E-state index contributed by atoms with van der Waals surface area (Å²) in [6, 6.07) is 18.4. The van der Waals surface area contributed by atoms with Gasteiger partial charge in [0.1, 0.15) is 6.54 Å². The second kappa shape index (κ2) is 6.24. The first kappa shape index (κ1) is 14.6. The number of fused-ring (bicyclic) bond motifs is 2. The van der Waals surface area contributed by atoms with Crippen LogP contribution in [0.5, 0.6) is 0 Å². The molecule has 2 heterocycles. The Hall–Kier alpha value is -3.01. The Labute approximate surface area is 140 Å². The molecular formula is C20H19N3O. The number of aromatic nitrogens is 2. The van der Waals surface area contributed by atoms with Gasteiger partial charge in [-0.15, -0.1) is 0 Å². The van der Waals surface area contributed by atoms with Gasteiger partial charge in [0.2, 0.25) is 5.91 Å². The van der Waals surface area contributed by atoms with Crippen LogP contribution in [0.3, 0.4) is 0 Å². The van der Waals surface area contributed by atoms with Crippen molar-refractivity contribution < 1.29 is 4.79 Å². The van der Waals surface area contributed by atoms with Crippen molar-refractivity contribution in [2.24, 2.45) is 0 Å². The number of carbonyl (C=O) groups excluding carboxylic acids is 1. The van der Waals surface area contributed by atoms with E-state index in [1.54, 1.807) is 0 Å². The summed E-state index contributed by atoms with van der Waals surface area (Å²) >= 11 is 0. The van der Waals surface area contributed by atoms with E-state index in [2.05, 4.69) is 28.5 Å². The molecule has 2 N–H and O–H groups in total. The fourth-order valence-corrected chi connectivity index (χ4v) is 3.16. The van der Waals surface area contributed by atoms with Crippen molar-refractivity contribution in [3.63, 3.8) is 0 Å². The van der Waals surface area contributed by atoms with Gasteiger partial charge in [-0.05, 0) is 35.6 Å². The summed E-state index contributed by atoms with van der Waals surface area (Å²) in [5.74, 6) is 0.0381. The second-order valence-electron chi connectivity index (χ2n) is 5.96. The lowest BCUT2D eigenvalue weighted by Gasteiger charge is -2.07. The molecule has 0 radical (unpaired) electrons. The van der Waals surface area contributed by atoms with Gasteiger partial charge in [-0.1, -0.05) is 36.4 Å². The molecule has 2 aromatic heterocycles. The maximum Gasteiger partial charge on any atom is 0.239 e. The molecule has 0 fully saturated rings. The predicted molar refractivity (Wildman–Crippen MR) is 97.0 cm³/mol. The summed E-state index contributed by atoms with van der Waals surface area (Å²) in [4.78, 5) is 15.5. The molecule has 2 aromatic carbocycles. The first-order valence-electron chi connectivity index (χ1n) is 8.17. The quantitative estimate of drug-likeness (QED) is 0.582. The molecule has 1 amide bonds. The number of rotatable bonds is 5. The normalized spacial score (nSPS) is 11.2. The van der Waals surface area contributed by atoms with Crippen molar-refractivity contribution in [1.29, 1.82) is 0 Å². The Balaban J connectivity index is 1.37. The first-order valence-corrected chi connectivity index (χ1v) is 8.17. The van der Waals surface area contributed by atoms with Crippen molar-refractivity contribution >= 4 is 27.7 Å². The fraction of sp³-hybridized carbons (Fsp3) is 0.150. The molecule has 0 aliphatic carbocycles. The number of para-hydroxylation sites is 2. The predicted octanol–water partition coefficient (Wildman–Crippen LogP) is 3.48. The van der Waals surface area contributed by atoms with E-state index >= 15 is 0 Å². The number of hydrogen-bond acceptors (Lipinski definition) is 1. The van der Waals surface area contributed by atoms with Crippen molar-refractivity contribution in [3.05, 3.63) is 72.6 Å². The zero-order valence-corrected chi connectivity index (χ0v) is 13.3. The molecule has 120 valence electrons. The first-order chi connectivity index (χ1) is 11.8. The minimum atomic E-state index is 0.0381. The molecule has 4 aromatic rings. The number of H-pyrrole nitrogens is 1. The summed E-state index contributed by atoms with van der Waals surface area (Å²) in [7, 11) is 0. The number of amides is 1. The van der Waals surface area contributed by atoms with E-state index in [-0.39, 0.29) is 5.91 Å². The molecule has 4 nitrogen and oxygen atoms in total. The van der Waals surface area contributed by atoms with E-state index in [9.17, 15) is 4.79 Å². The minimum Gasteiger partial charge on any atom is -0.361 e. The van der Waals surface area contributed by atoms with Crippen molar-refractivity contribution in [2.45, 2.75) is 13.0 Å². The maximum atomic E-state index is 12.2. The van der Waals surface area contributed by atoms with Gasteiger partial charge in [-0.3, -0.25) is 4.79 Å². The van der Waals surface area contributed by atoms with Crippen molar-refractivity contribution in [3.8, 4) is 0 Å². The van der Waals surface area contributed by atoms with E-state index in [4.69, 9.17) is 0 Å². The van der Waals surface area contributed by atoms with Crippen LogP contribution in [0.2, 0.25) is 0 Å². The average molecular weight is 317 g/mol. The molecule has 0 saturated carbocycles. The Bertz CT molecular complexity index is 996.